The van der Waals surface area contributed by atoms with Crippen LogP contribution in [0.2, 0.25) is 0 Å². The van der Waals surface area contributed by atoms with E-state index in [9.17, 15) is 18.4 Å². The van der Waals surface area contributed by atoms with E-state index in [0.29, 0.717) is 18.7 Å². The number of likely N-dealkylation sites (N-methyl/N-ethyl adjacent to an activating group) is 2. The summed E-state index contributed by atoms with van der Waals surface area (Å²) < 4.78 is 29.1. The number of amides is 2. The van der Waals surface area contributed by atoms with Gasteiger partial charge in [0.25, 0.3) is 0 Å². The quantitative estimate of drug-likeness (QED) is 0.746. The van der Waals surface area contributed by atoms with Crippen LogP contribution >= 0.6 is 0 Å². The molecule has 2 amide bonds. The van der Waals surface area contributed by atoms with E-state index in [1.165, 1.54) is 23.1 Å². The number of nitrogens with zero attached hydrogens (tertiary/aromatic N) is 1. The van der Waals surface area contributed by atoms with Crippen molar-refractivity contribution in [3.05, 3.63) is 35.9 Å². The lowest BCUT2D eigenvalue weighted by Crippen LogP contribution is -2.39. The zero-order valence-corrected chi connectivity index (χ0v) is 13.1. The first-order valence-electron chi connectivity index (χ1n) is 7.25. The van der Waals surface area contributed by atoms with Gasteiger partial charge in [-0.2, -0.15) is 8.78 Å². The molecular weight excluding hydrogens is 306 g/mol. The van der Waals surface area contributed by atoms with Crippen LogP contribution in [0.4, 0.5) is 8.78 Å². The number of carbonyl (C=O) groups is 2. The Hall–Kier alpha value is -2.44. The molecule has 7 heteroatoms. The van der Waals surface area contributed by atoms with Gasteiger partial charge in [0.2, 0.25) is 11.8 Å². The van der Waals surface area contributed by atoms with Gasteiger partial charge in [0, 0.05) is 24.7 Å². The smallest absolute Gasteiger partial charge is 0.387 e. The van der Waals surface area contributed by atoms with Gasteiger partial charge in [-0.05, 0) is 26.0 Å². The van der Waals surface area contributed by atoms with Crippen LogP contribution in [0.1, 0.15) is 19.4 Å². The molecule has 0 fully saturated rings. The molecule has 0 heterocycles. The van der Waals surface area contributed by atoms with E-state index < -0.39 is 6.61 Å². The first kappa shape index (κ1) is 18.6. The second-order valence-electron chi connectivity index (χ2n) is 4.56. The molecule has 0 aliphatic rings. The Morgan fingerprint density at radius 1 is 1.30 bits per heavy atom. The molecular formula is C16H20F2N2O3. The lowest BCUT2D eigenvalue weighted by molar-refractivity contribution is -0.132. The first-order valence-corrected chi connectivity index (χ1v) is 7.25. The summed E-state index contributed by atoms with van der Waals surface area (Å²) in [5.41, 5.74) is 0.357. The van der Waals surface area contributed by atoms with Crippen molar-refractivity contribution in [2.75, 3.05) is 19.6 Å². The number of nitrogens with one attached hydrogen (secondary N) is 1. The fraction of sp³-hybridized carbons (Fsp3) is 0.375. The molecule has 0 saturated carbocycles. The molecule has 0 saturated heterocycles. The van der Waals surface area contributed by atoms with Gasteiger partial charge in [0.15, 0.2) is 0 Å². The van der Waals surface area contributed by atoms with Crippen molar-refractivity contribution in [2.45, 2.75) is 20.5 Å². The highest BCUT2D eigenvalue weighted by Crippen LogP contribution is 2.21. The number of carbonyl (C=O) groups excluding carboxylic acids is 2. The standard InChI is InChI=1S/C16H20F2N2O3/c1-3-19-14(21)11-20(4-2)15(22)10-9-12-7-5-6-8-13(12)23-16(17)18/h5-10,16H,3-4,11H2,1-2H3,(H,19,21)/b10-9+. The third-order valence-electron chi connectivity index (χ3n) is 2.94. The van der Waals surface area contributed by atoms with E-state index in [0.717, 1.165) is 0 Å². The number of ether oxygens (including phenoxy) is 1. The molecule has 0 bridgehead atoms. The lowest BCUT2D eigenvalue weighted by Gasteiger charge is -2.18. The van der Waals surface area contributed by atoms with E-state index in [2.05, 4.69) is 10.1 Å². The number of hydrogen-bond donors (Lipinski definition) is 1. The lowest BCUT2D eigenvalue weighted by atomic mass is 10.2. The van der Waals surface area contributed by atoms with Crippen molar-refractivity contribution >= 4 is 17.9 Å². The van der Waals surface area contributed by atoms with Crippen LogP contribution in [0.25, 0.3) is 6.08 Å². The van der Waals surface area contributed by atoms with Crippen molar-refractivity contribution in [1.29, 1.82) is 0 Å². The maximum Gasteiger partial charge on any atom is 0.387 e. The molecule has 126 valence electrons. The van der Waals surface area contributed by atoms with Crippen LogP contribution in [0.15, 0.2) is 30.3 Å². The SMILES string of the molecule is CCNC(=O)CN(CC)C(=O)/C=C/c1ccccc1OC(F)F. The maximum absolute atomic E-state index is 12.3. The van der Waals surface area contributed by atoms with Gasteiger partial charge in [0.1, 0.15) is 5.75 Å². The normalized spacial score (nSPS) is 10.8. The summed E-state index contributed by atoms with van der Waals surface area (Å²) >= 11 is 0. The molecule has 1 aromatic carbocycles. The van der Waals surface area contributed by atoms with E-state index in [1.807, 2.05) is 0 Å². The van der Waals surface area contributed by atoms with Crippen molar-refractivity contribution in [3.8, 4) is 5.75 Å². The van der Waals surface area contributed by atoms with Gasteiger partial charge in [-0.3, -0.25) is 9.59 Å². The molecule has 0 radical (unpaired) electrons. The molecule has 0 spiro atoms. The average molecular weight is 326 g/mol. The third kappa shape index (κ3) is 6.46. The molecule has 0 aromatic heterocycles. The highest BCUT2D eigenvalue weighted by atomic mass is 19.3. The van der Waals surface area contributed by atoms with Crippen LogP contribution in [0.3, 0.4) is 0 Å². The van der Waals surface area contributed by atoms with Crippen LogP contribution in [-0.2, 0) is 9.59 Å². The summed E-state index contributed by atoms with van der Waals surface area (Å²) in [5.74, 6) is -0.651. The predicted octanol–water partition coefficient (Wildman–Crippen LogP) is 2.29. The Morgan fingerprint density at radius 2 is 2.00 bits per heavy atom. The molecule has 1 aromatic rings. The number of rotatable bonds is 8. The highest BCUT2D eigenvalue weighted by molar-refractivity contribution is 5.94. The second-order valence-corrected chi connectivity index (χ2v) is 4.56. The van der Waals surface area contributed by atoms with Crippen molar-refractivity contribution < 1.29 is 23.1 Å². The summed E-state index contributed by atoms with van der Waals surface area (Å²) in [6, 6.07) is 6.16. The summed E-state index contributed by atoms with van der Waals surface area (Å²) in [6.45, 7) is 1.39. The van der Waals surface area contributed by atoms with Gasteiger partial charge in [-0.25, -0.2) is 0 Å². The zero-order chi connectivity index (χ0) is 17.2. The molecule has 0 aliphatic carbocycles. The number of hydrogen-bond acceptors (Lipinski definition) is 3. The minimum atomic E-state index is -2.94. The van der Waals surface area contributed by atoms with Gasteiger partial charge in [-0.1, -0.05) is 18.2 Å². The molecule has 1 N–H and O–H groups in total. The van der Waals surface area contributed by atoms with Crippen LogP contribution in [-0.4, -0.2) is 43.0 Å². The van der Waals surface area contributed by atoms with Gasteiger partial charge < -0.3 is 15.0 Å². The fourth-order valence-electron chi connectivity index (χ4n) is 1.86. The second kappa shape index (κ2) is 9.55. The largest absolute Gasteiger partial charge is 0.434 e. The van der Waals surface area contributed by atoms with E-state index >= 15 is 0 Å². The monoisotopic (exact) mass is 326 g/mol. The summed E-state index contributed by atoms with van der Waals surface area (Å²) in [7, 11) is 0. The Labute approximate surface area is 133 Å². The Balaban J connectivity index is 2.78. The van der Waals surface area contributed by atoms with Crippen LogP contribution in [0, 0.1) is 0 Å². The van der Waals surface area contributed by atoms with E-state index in [1.54, 1.807) is 32.0 Å². The predicted molar refractivity (Wildman–Crippen MR) is 83.0 cm³/mol. The number of para-hydroxylation sites is 1. The number of alkyl halides is 2. The highest BCUT2D eigenvalue weighted by Gasteiger charge is 2.13. The Kier molecular flexibility index (Phi) is 7.73. The van der Waals surface area contributed by atoms with Crippen LogP contribution < -0.4 is 10.1 Å². The third-order valence-corrected chi connectivity index (χ3v) is 2.94. The summed E-state index contributed by atoms with van der Waals surface area (Å²) in [5, 5.41) is 2.61. The van der Waals surface area contributed by atoms with Crippen molar-refractivity contribution in [2.24, 2.45) is 0 Å². The van der Waals surface area contributed by atoms with E-state index in [-0.39, 0.29) is 24.1 Å². The Morgan fingerprint density at radius 3 is 2.61 bits per heavy atom. The summed E-state index contributed by atoms with van der Waals surface area (Å²) in [4.78, 5) is 25.0. The van der Waals surface area contributed by atoms with Gasteiger partial charge in [-0.15, -0.1) is 0 Å². The molecule has 0 atom stereocenters. The molecule has 0 unspecified atom stereocenters. The minimum absolute atomic E-state index is 0.0154. The van der Waals surface area contributed by atoms with Gasteiger partial charge >= 0.3 is 6.61 Å². The number of halogens is 2. The zero-order valence-electron chi connectivity index (χ0n) is 13.1. The minimum Gasteiger partial charge on any atom is -0.434 e. The maximum atomic E-state index is 12.3. The molecule has 5 nitrogen and oxygen atoms in total. The Bertz CT molecular complexity index is 562. The fourth-order valence-corrected chi connectivity index (χ4v) is 1.86. The molecule has 0 aliphatic heterocycles. The summed E-state index contributed by atoms with van der Waals surface area (Å²) in [6.07, 6.45) is 2.62. The topological polar surface area (TPSA) is 58.6 Å². The molecule has 23 heavy (non-hydrogen) atoms. The van der Waals surface area contributed by atoms with Crippen molar-refractivity contribution in [1.82, 2.24) is 10.2 Å². The number of benzene rings is 1. The van der Waals surface area contributed by atoms with Crippen molar-refractivity contribution in [3.63, 3.8) is 0 Å². The first-order chi connectivity index (χ1) is 11.0. The average Bonchev–Trinajstić information content (AvgIpc) is 2.51. The van der Waals surface area contributed by atoms with E-state index in [4.69, 9.17) is 0 Å². The van der Waals surface area contributed by atoms with Gasteiger partial charge in [0.05, 0.1) is 6.54 Å². The molecule has 1 rings (SSSR count). The van der Waals surface area contributed by atoms with Crippen LogP contribution in [0.5, 0.6) is 5.75 Å².